The van der Waals surface area contributed by atoms with Gasteiger partial charge in [-0.1, -0.05) is 0 Å². The standard InChI is InChI=1S/C16H13F2N3O4S/c1-20-13-6-4-10(8-14(13)21(2)16(20)23)26(24,25)19-15(22)11-5-3-9(17)7-12(11)18/h3-8H,1-2H3,(H,19,22). The lowest BCUT2D eigenvalue weighted by Gasteiger charge is -2.08. The lowest BCUT2D eigenvalue weighted by molar-refractivity contribution is 0.0977. The number of hydrogen-bond donors (Lipinski definition) is 1. The first-order chi connectivity index (χ1) is 12.1. The molecule has 1 aromatic heterocycles. The van der Waals surface area contributed by atoms with Crippen molar-refractivity contribution in [3.05, 3.63) is 64.1 Å². The molecule has 0 aliphatic heterocycles. The van der Waals surface area contributed by atoms with Crippen molar-refractivity contribution >= 4 is 27.0 Å². The third-order valence-corrected chi connectivity index (χ3v) is 5.29. The number of hydrogen-bond acceptors (Lipinski definition) is 4. The van der Waals surface area contributed by atoms with Crippen LogP contribution in [0.1, 0.15) is 10.4 Å². The van der Waals surface area contributed by atoms with Crippen molar-refractivity contribution < 1.29 is 22.0 Å². The quantitative estimate of drug-likeness (QED) is 0.740. The molecule has 0 aliphatic carbocycles. The molecule has 0 atom stereocenters. The van der Waals surface area contributed by atoms with Crippen LogP contribution in [0.5, 0.6) is 0 Å². The number of carbonyl (C=O) groups excluding carboxylic acids is 1. The molecule has 0 saturated carbocycles. The van der Waals surface area contributed by atoms with E-state index in [1.165, 1.54) is 41.4 Å². The predicted molar refractivity (Wildman–Crippen MR) is 89.2 cm³/mol. The second-order valence-electron chi connectivity index (χ2n) is 5.61. The van der Waals surface area contributed by atoms with E-state index in [-0.39, 0.29) is 10.6 Å². The molecule has 3 aromatic rings. The van der Waals surface area contributed by atoms with Gasteiger partial charge in [-0.2, -0.15) is 0 Å². The van der Waals surface area contributed by atoms with Crippen LogP contribution in [0.2, 0.25) is 0 Å². The Bertz CT molecular complexity index is 1210. The maximum atomic E-state index is 13.7. The molecule has 26 heavy (non-hydrogen) atoms. The Kier molecular flexibility index (Phi) is 4.15. The molecule has 0 fully saturated rings. The summed E-state index contributed by atoms with van der Waals surface area (Å²) in [6.07, 6.45) is 0. The minimum Gasteiger partial charge on any atom is -0.295 e. The summed E-state index contributed by atoms with van der Waals surface area (Å²) in [5.74, 6) is -3.31. The van der Waals surface area contributed by atoms with E-state index < -0.39 is 33.1 Å². The Labute approximate surface area is 146 Å². The van der Waals surface area contributed by atoms with E-state index >= 15 is 0 Å². The van der Waals surface area contributed by atoms with Crippen molar-refractivity contribution in [2.45, 2.75) is 4.90 Å². The maximum absolute atomic E-state index is 13.7. The zero-order valence-electron chi connectivity index (χ0n) is 13.7. The molecule has 1 N–H and O–H groups in total. The number of nitrogens with zero attached hydrogens (tertiary/aromatic N) is 2. The van der Waals surface area contributed by atoms with Gasteiger partial charge in [-0.25, -0.2) is 26.7 Å². The van der Waals surface area contributed by atoms with Gasteiger partial charge in [0.2, 0.25) is 0 Å². The molecular weight excluding hydrogens is 368 g/mol. The number of imidazole rings is 1. The van der Waals surface area contributed by atoms with Gasteiger partial charge in [0.25, 0.3) is 15.9 Å². The smallest absolute Gasteiger partial charge is 0.295 e. The third kappa shape index (κ3) is 2.88. The Morgan fingerprint density at radius 2 is 1.65 bits per heavy atom. The topological polar surface area (TPSA) is 90.2 Å². The SMILES string of the molecule is Cn1c(=O)n(C)c2cc(S(=O)(=O)NC(=O)c3ccc(F)cc3F)ccc21. The summed E-state index contributed by atoms with van der Waals surface area (Å²) >= 11 is 0. The highest BCUT2D eigenvalue weighted by Crippen LogP contribution is 2.18. The van der Waals surface area contributed by atoms with Crippen molar-refractivity contribution in [1.29, 1.82) is 0 Å². The van der Waals surface area contributed by atoms with Gasteiger partial charge in [0.15, 0.2) is 0 Å². The van der Waals surface area contributed by atoms with Crippen LogP contribution in [0.4, 0.5) is 8.78 Å². The van der Waals surface area contributed by atoms with E-state index in [4.69, 9.17) is 0 Å². The molecule has 3 rings (SSSR count). The summed E-state index contributed by atoms with van der Waals surface area (Å²) in [6, 6.07) is 6.05. The van der Waals surface area contributed by atoms with Crippen LogP contribution in [-0.4, -0.2) is 23.5 Å². The van der Waals surface area contributed by atoms with E-state index in [2.05, 4.69) is 0 Å². The van der Waals surface area contributed by atoms with Crippen LogP contribution in [0, 0.1) is 11.6 Å². The minimum absolute atomic E-state index is 0.276. The van der Waals surface area contributed by atoms with Gasteiger partial charge in [0.1, 0.15) is 11.6 Å². The largest absolute Gasteiger partial charge is 0.328 e. The van der Waals surface area contributed by atoms with Crippen molar-refractivity contribution in [1.82, 2.24) is 13.9 Å². The first kappa shape index (κ1) is 17.8. The lowest BCUT2D eigenvalue weighted by Crippen LogP contribution is -2.31. The minimum atomic E-state index is -4.33. The summed E-state index contributed by atoms with van der Waals surface area (Å²) in [4.78, 5) is 23.7. The fourth-order valence-electron chi connectivity index (χ4n) is 2.56. The van der Waals surface area contributed by atoms with Gasteiger partial charge in [0.05, 0.1) is 21.5 Å². The molecule has 0 radical (unpaired) electrons. The number of aromatic nitrogens is 2. The zero-order chi connectivity index (χ0) is 19.2. The van der Waals surface area contributed by atoms with E-state index in [0.29, 0.717) is 17.1 Å². The van der Waals surface area contributed by atoms with Crippen LogP contribution < -0.4 is 10.4 Å². The average molecular weight is 381 g/mol. The van der Waals surface area contributed by atoms with E-state index in [9.17, 15) is 26.8 Å². The van der Waals surface area contributed by atoms with Crippen LogP contribution in [0.25, 0.3) is 11.0 Å². The fourth-order valence-corrected chi connectivity index (χ4v) is 3.55. The van der Waals surface area contributed by atoms with Crippen molar-refractivity contribution in [2.24, 2.45) is 14.1 Å². The number of amides is 1. The second kappa shape index (κ2) is 6.06. The van der Waals surface area contributed by atoms with E-state index in [0.717, 1.165) is 12.1 Å². The molecule has 1 amide bonds. The van der Waals surface area contributed by atoms with Crippen LogP contribution in [-0.2, 0) is 24.1 Å². The number of carbonyl (C=O) groups is 1. The Morgan fingerprint density at radius 3 is 2.31 bits per heavy atom. The second-order valence-corrected chi connectivity index (χ2v) is 7.29. The Hall–Kier alpha value is -3.01. The summed E-state index contributed by atoms with van der Waals surface area (Å²) < 4.78 is 55.7. The number of aryl methyl sites for hydroxylation is 2. The lowest BCUT2D eigenvalue weighted by atomic mass is 10.2. The molecular formula is C16H13F2N3O4S. The summed E-state index contributed by atoms with van der Waals surface area (Å²) in [5, 5.41) is 0. The van der Waals surface area contributed by atoms with Gasteiger partial charge < -0.3 is 0 Å². The van der Waals surface area contributed by atoms with Crippen LogP contribution in [0.3, 0.4) is 0 Å². The van der Waals surface area contributed by atoms with Crippen LogP contribution >= 0.6 is 0 Å². The summed E-state index contributed by atoms with van der Waals surface area (Å²) in [5.41, 5.74) is -0.0942. The van der Waals surface area contributed by atoms with Crippen LogP contribution in [0.15, 0.2) is 46.1 Å². The molecule has 0 unspecified atom stereocenters. The molecule has 10 heteroatoms. The molecule has 1 heterocycles. The molecule has 7 nitrogen and oxygen atoms in total. The first-order valence-electron chi connectivity index (χ1n) is 7.29. The van der Waals surface area contributed by atoms with E-state index in [1.807, 2.05) is 0 Å². The highest BCUT2D eigenvalue weighted by molar-refractivity contribution is 7.90. The number of benzene rings is 2. The highest BCUT2D eigenvalue weighted by Gasteiger charge is 2.22. The normalized spacial score (nSPS) is 11.7. The molecule has 0 bridgehead atoms. The van der Waals surface area contributed by atoms with Crippen molar-refractivity contribution in [3.63, 3.8) is 0 Å². The summed E-state index contributed by atoms with van der Waals surface area (Å²) in [6.45, 7) is 0. The zero-order valence-corrected chi connectivity index (χ0v) is 14.5. The van der Waals surface area contributed by atoms with Gasteiger partial charge in [-0.3, -0.25) is 13.9 Å². The van der Waals surface area contributed by atoms with Gasteiger partial charge >= 0.3 is 5.69 Å². The van der Waals surface area contributed by atoms with Gasteiger partial charge in [-0.15, -0.1) is 0 Å². The van der Waals surface area contributed by atoms with Crippen molar-refractivity contribution in [3.8, 4) is 0 Å². The average Bonchev–Trinajstić information content (AvgIpc) is 2.78. The number of halogens is 2. The number of sulfonamides is 1. The van der Waals surface area contributed by atoms with E-state index in [1.54, 1.807) is 4.72 Å². The molecule has 0 aliphatic rings. The molecule has 0 spiro atoms. The molecule has 2 aromatic carbocycles. The maximum Gasteiger partial charge on any atom is 0.328 e. The summed E-state index contributed by atoms with van der Waals surface area (Å²) in [7, 11) is -1.31. The number of fused-ring (bicyclic) bond motifs is 1. The first-order valence-corrected chi connectivity index (χ1v) is 8.78. The Morgan fingerprint density at radius 1 is 1.00 bits per heavy atom. The van der Waals surface area contributed by atoms with Gasteiger partial charge in [0, 0.05) is 20.2 Å². The Balaban J connectivity index is 2.00. The fraction of sp³-hybridized carbons (Fsp3) is 0.125. The number of nitrogens with one attached hydrogen (secondary N) is 1. The van der Waals surface area contributed by atoms with Crippen molar-refractivity contribution in [2.75, 3.05) is 0 Å². The monoisotopic (exact) mass is 381 g/mol. The number of rotatable bonds is 3. The molecule has 136 valence electrons. The predicted octanol–water partition coefficient (Wildman–Crippen LogP) is 1.27. The third-order valence-electron chi connectivity index (χ3n) is 3.96. The molecule has 0 saturated heterocycles. The highest BCUT2D eigenvalue weighted by atomic mass is 32.2. The van der Waals surface area contributed by atoms with Gasteiger partial charge in [-0.05, 0) is 30.3 Å².